The summed E-state index contributed by atoms with van der Waals surface area (Å²) in [4.78, 5) is 22.4. The minimum Gasteiger partial charge on any atom is -0.481 e. The summed E-state index contributed by atoms with van der Waals surface area (Å²) in [6.07, 6.45) is 1.29. The molecule has 0 aliphatic carbocycles. The molecule has 0 atom stereocenters. The van der Waals surface area contributed by atoms with E-state index < -0.39 is 10.8 Å². The molecule has 3 rings (SSSR count). The summed E-state index contributed by atoms with van der Waals surface area (Å²) >= 11 is 16.2. The molecular formula is C19H11Br3ClN3O5. The number of halogens is 4. The molecular weight excluding hydrogens is 625 g/mol. The first-order valence-electron chi connectivity index (χ1n) is 8.38. The van der Waals surface area contributed by atoms with Crippen LogP contribution in [0.25, 0.3) is 11.3 Å². The average Bonchev–Trinajstić information content (AvgIpc) is 3.16. The average molecular weight is 636 g/mol. The Labute approximate surface area is 206 Å². The second kappa shape index (κ2) is 10.4. The molecule has 8 nitrogen and oxygen atoms in total. The van der Waals surface area contributed by atoms with Crippen molar-refractivity contribution in [3.63, 3.8) is 0 Å². The second-order valence-corrected chi connectivity index (χ2v) is 8.94. The van der Waals surface area contributed by atoms with Crippen molar-refractivity contribution in [2.45, 2.75) is 0 Å². The van der Waals surface area contributed by atoms with Crippen LogP contribution in [0.2, 0.25) is 5.02 Å². The van der Waals surface area contributed by atoms with E-state index >= 15 is 0 Å². The van der Waals surface area contributed by atoms with Crippen molar-refractivity contribution in [3.05, 3.63) is 76.8 Å². The molecule has 1 heterocycles. The smallest absolute Gasteiger partial charge is 0.277 e. The van der Waals surface area contributed by atoms with Gasteiger partial charge in [-0.1, -0.05) is 27.5 Å². The standard InChI is InChI=1S/C19H11Br3ClN3O5/c20-10-5-14(21)19(15(22)6-10)30-9-18(27)25-24-8-12-2-4-17(31-12)13-7-11(26(28)29)1-3-16(13)23/h1-8H,9H2,(H,25,27)/b24-8+. The molecule has 3 aromatic rings. The van der Waals surface area contributed by atoms with Crippen molar-refractivity contribution in [2.75, 3.05) is 6.61 Å². The van der Waals surface area contributed by atoms with Crippen molar-refractivity contribution in [2.24, 2.45) is 5.10 Å². The van der Waals surface area contributed by atoms with Crippen LogP contribution < -0.4 is 10.2 Å². The Kier molecular flexibility index (Phi) is 7.87. The first kappa shape index (κ1) is 23.5. The van der Waals surface area contributed by atoms with Crippen LogP contribution in [0.15, 0.2) is 65.4 Å². The maximum atomic E-state index is 12.0. The summed E-state index contributed by atoms with van der Waals surface area (Å²) in [5.74, 6) is 0.644. The predicted octanol–water partition coefficient (Wildman–Crippen LogP) is 6.32. The molecule has 0 spiro atoms. The van der Waals surface area contributed by atoms with Gasteiger partial charge in [0.15, 0.2) is 6.61 Å². The summed E-state index contributed by atoms with van der Waals surface area (Å²) in [5.41, 5.74) is 2.59. The topological polar surface area (TPSA) is 107 Å². The van der Waals surface area contributed by atoms with Crippen LogP contribution in [-0.4, -0.2) is 23.7 Å². The summed E-state index contributed by atoms with van der Waals surface area (Å²) in [7, 11) is 0. The summed E-state index contributed by atoms with van der Waals surface area (Å²) < 4.78 is 13.3. The highest BCUT2D eigenvalue weighted by atomic mass is 79.9. The maximum Gasteiger partial charge on any atom is 0.277 e. The van der Waals surface area contributed by atoms with Crippen LogP contribution in [0.5, 0.6) is 5.75 Å². The number of nitro benzene ring substituents is 1. The van der Waals surface area contributed by atoms with E-state index in [1.165, 1.54) is 24.4 Å². The van der Waals surface area contributed by atoms with E-state index in [1.54, 1.807) is 24.3 Å². The van der Waals surface area contributed by atoms with Gasteiger partial charge in [-0.25, -0.2) is 5.43 Å². The lowest BCUT2D eigenvalue weighted by molar-refractivity contribution is -0.384. The highest BCUT2D eigenvalue weighted by Gasteiger charge is 2.14. The van der Waals surface area contributed by atoms with Gasteiger partial charge in [0.2, 0.25) is 0 Å². The SMILES string of the molecule is O=C(COc1c(Br)cc(Br)cc1Br)N/N=C/c1ccc(-c2cc([N+](=O)[O-])ccc2Cl)o1. The van der Waals surface area contributed by atoms with Crippen LogP contribution >= 0.6 is 59.4 Å². The van der Waals surface area contributed by atoms with E-state index in [1.807, 2.05) is 0 Å². The monoisotopic (exact) mass is 633 g/mol. The van der Waals surface area contributed by atoms with Crippen LogP contribution in [0.4, 0.5) is 5.69 Å². The molecule has 0 saturated carbocycles. The number of nitrogens with one attached hydrogen (secondary N) is 1. The van der Waals surface area contributed by atoms with Gasteiger partial charge in [0.25, 0.3) is 11.6 Å². The molecule has 1 amide bonds. The predicted molar refractivity (Wildman–Crippen MR) is 127 cm³/mol. The molecule has 1 N–H and O–H groups in total. The molecule has 12 heteroatoms. The van der Waals surface area contributed by atoms with Crippen LogP contribution in [0.1, 0.15) is 5.76 Å². The zero-order chi connectivity index (χ0) is 22.5. The molecule has 31 heavy (non-hydrogen) atoms. The van der Waals surface area contributed by atoms with Gasteiger partial charge in [-0.15, -0.1) is 0 Å². The third kappa shape index (κ3) is 6.16. The number of carbonyl (C=O) groups is 1. The fourth-order valence-electron chi connectivity index (χ4n) is 2.39. The zero-order valence-electron chi connectivity index (χ0n) is 15.3. The Morgan fingerprint density at radius 1 is 1.19 bits per heavy atom. The van der Waals surface area contributed by atoms with Crippen LogP contribution in [0.3, 0.4) is 0 Å². The quantitative estimate of drug-likeness (QED) is 0.186. The zero-order valence-corrected chi connectivity index (χ0v) is 20.8. The number of amides is 1. The van der Waals surface area contributed by atoms with E-state index in [0.717, 1.165) is 4.47 Å². The fourth-order valence-corrected chi connectivity index (χ4v) is 5.09. The van der Waals surface area contributed by atoms with Gasteiger partial charge in [0.1, 0.15) is 17.3 Å². The highest BCUT2D eigenvalue weighted by molar-refractivity contribution is 9.11. The Morgan fingerprint density at radius 2 is 1.90 bits per heavy atom. The summed E-state index contributed by atoms with van der Waals surface area (Å²) in [6.45, 7) is -0.261. The van der Waals surface area contributed by atoms with Crippen molar-refractivity contribution >= 4 is 77.2 Å². The number of ether oxygens (including phenoxy) is 1. The molecule has 0 radical (unpaired) electrons. The largest absolute Gasteiger partial charge is 0.481 e. The maximum absolute atomic E-state index is 12.0. The van der Waals surface area contributed by atoms with Gasteiger partial charge in [-0.2, -0.15) is 5.10 Å². The molecule has 0 aliphatic heterocycles. The number of benzene rings is 2. The van der Waals surface area contributed by atoms with E-state index in [0.29, 0.717) is 36.8 Å². The summed E-state index contributed by atoms with van der Waals surface area (Å²) in [5, 5.41) is 15.1. The minimum atomic E-state index is -0.520. The molecule has 0 saturated heterocycles. The van der Waals surface area contributed by atoms with Crippen molar-refractivity contribution in [3.8, 4) is 17.1 Å². The van der Waals surface area contributed by atoms with Crippen molar-refractivity contribution in [1.29, 1.82) is 0 Å². The van der Waals surface area contributed by atoms with Crippen LogP contribution in [0, 0.1) is 10.1 Å². The minimum absolute atomic E-state index is 0.109. The molecule has 0 fully saturated rings. The Morgan fingerprint density at radius 3 is 2.58 bits per heavy atom. The van der Waals surface area contributed by atoms with Crippen molar-refractivity contribution < 1.29 is 18.9 Å². The van der Waals surface area contributed by atoms with Gasteiger partial charge >= 0.3 is 0 Å². The molecule has 0 aliphatic rings. The van der Waals surface area contributed by atoms with Gasteiger partial charge in [-0.3, -0.25) is 14.9 Å². The number of nitrogens with zero attached hydrogens (tertiary/aromatic N) is 2. The van der Waals surface area contributed by atoms with Gasteiger partial charge in [0, 0.05) is 22.2 Å². The Bertz CT molecular complexity index is 1160. The number of rotatable bonds is 7. The summed E-state index contributed by atoms with van der Waals surface area (Å²) in [6, 6.07) is 10.8. The second-order valence-electron chi connectivity index (χ2n) is 5.90. The van der Waals surface area contributed by atoms with E-state index in [-0.39, 0.29) is 12.3 Å². The molecule has 1 aromatic heterocycles. The molecule has 0 bridgehead atoms. The lowest BCUT2D eigenvalue weighted by Crippen LogP contribution is -2.24. The van der Waals surface area contributed by atoms with Gasteiger partial charge in [-0.05, 0) is 62.2 Å². The number of hydrazone groups is 1. The highest BCUT2D eigenvalue weighted by Crippen LogP contribution is 2.36. The Hall–Kier alpha value is -2.21. The van der Waals surface area contributed by atoms with E-state index in [9.17, 15) is 14.9 Å². The number of hydrogen-bond acceptors (Lipinski definition) is 6. The lowest BCUT2D eigenvalue weighted by atomic mass is 10.1. The first-order chi connectivity index (χ1) is 14.7. The normalized spacial score (nSPS) is 11.0. The van der Waals surface area contributed by atoms with E-state index in [4.69, 9.17) is 20.8 Å². The number of nitro groups is 1. The lowest BCUT2D eigenvalue weighted by Gasteiger charge is -2.09. The first-order valence-corrected chi connectivity index (χ1v) is 11.1. The number of furan rings is 1. The van der Waals surface area contributed by atoms with Gasteiger partial charge < -0.3 is 9.15 Å². The number of non-ortho nitro benzene ring substituents is 1. The third-order valence-electron chi connectivity index (χ3n) is 3.74. The van der Waals surface area contributed by atoms with Crippen LogP contribution in [-0.2, 0) is 4.79 Å². The molecule has 2 aromatic carbocycles. The van der Waals surface area contributed by atoms with E-state index in [2.05, 4.69) is 58.3 Å². The fraction of sp³-hybridized carbons (Fsp3) is 0.0526. The van der Waals surface area contributed by atoms with Crippen molar-refractivity contribution in [1.82, 2.24) is 5.43 Å². The molecule has 160 valence electrons. The number of carbonyl (C=O) groups excluding carboxylic acids is 1. The molecule has 0 unspecified atom stereocenters. The number of hydrogen-bond donors (Lipinski definition) is 1. The third-order valence-corrected chi connectivity index (χ3v) is 5.71. The van der Waals surface area contributed by atoms with Gasteiger partial charge in [0.05, 0.1) is 25.1 Å². The Balaban J connectivity index is 1.60.